The van der Waals surface area contributed by atoms with Gasteiger partial charge in [-0.05, 0) is 30.4 Å². The molecule has 0 radical (unpaired) electrons. The minimum absolute atomic E-state index is 0.0146. The smallest absolute Gasteiger partial charge is 0.126 e. The monoisotopic (exact) mass is 224 g/mol. The molecule has 0 aliphatic rings. The Kier molecular flexibility index (Phi) is 5.12. The summed E-state index contributed by atoms with van der Waals surface area (Å²) in [4.78, 5) is 0. The zero-order chi connectivity index (χ0) is 12.0. The van der Waals surface area contributed by atoms with Crippen molar-refractivity contribution in [2.75, 3.05) is 13.2 Å². The van der Waals surface area contributed by atoms with E-state index < -0.39 is 0 Å². The molecule has 0 heterocycles. The molecule has 0 atom stereocenters. The van der Waals surface area contributed by atoms with Crippen molar-refractivity contribution in [1.29, 1.82) is 0 Å². The molecule has 0 aromatic heterocycles. The lowest BCUT2D eigenvalue weighted by Gasteiger charge is -2.12. The Hall–Kier alpha value is -1.22. The molecule has 1 rings (SSSR count). The molecule has 16 heavy (non-hydrogen) atoms. The summed E-state index contributed by atoms with van der Waals surface area (Å²) in [7, 11) is 0. The van der Waals surface area contributed by atoms with Crippen LogP contribution in [0.5, 0.6) is 11.5 Å². The average Bonchev–Trinajstić information content (AvgIpc) is 2.24. The first-order valence-electron chi connectivity index (χ1n) is 5.69. The highest BCUT2D eigenvalue weighted by molar-refractivity contribution is 5.40. The van der Waals surface area contributed by atoms with Gasteiger partial charge in [0, 0.05) is 6.07 Å². The fourth-order valence-electron chi connectivity index (χ4n) is 1.48. The number of benzene rings is 1. The van der Waals surface area contributed by atoms with E-state index in [0.717, 1.165) is 18.4 Å². The summed E-state index contributed by atoms with van der Waals surface area (Å²) in [6, 6.07) is 5.15. The summed E-state index contributed by atoms with van der Waals surface area (Å²) in [5, 5.41) is 18.1. The molecule has 90 valence electrons. The van der Waals surface area contributed by atoms with E-state index in [0.29, 0.717) is 11.7 Å². The number of hydrogen-bond acceptors (Lipinski definition) is 3. The number of phenols is 1. The highest BCUT2D eigenvalue weighted by Gasteiger charge is 2.06. The molecule has 0 aliphatic heterocycles. The molecule has 0 fully saturated rings. The third-order valence-corrected chi connectivity index (χ3v) is 2.39. The van der Waals surface area contributed by atoms with Gasteiger partial charge in [-0.25, -0.2) is 0 Å². The van der Waals surface area contributed by atoms with Gasteiger partial charge < -0.3 is 14.9 Å². The third-order valence-electron chi connectivity index (χ3n) is 2.39. The molecule has 1 aromatic carbocycles. The topological polar surface area (TPSA) is 49.7 Å². The van der Waals surface area contributed by atoms with Crippen LogP contribution < -0.4 is 4.74 Å². The minimum atomic E-state index is -0.0146. The maximum Gasteiger partial charge on any atom is 0.126 e. The molecule has 0 saturated heterocycles. The first kappa shape index (κ1) is 12.8. The number of ether oxygens (including phenoxy) is 1. The van der Waals surface area contributed by atoms with Crippen molar-refractivity contribution in [3.05, 3.63) is 23.8 Å². The largest absolute Gasteiger partial charge is 0.508 e. The second-order valence-electron chi connectivity index (χ2n) is 4.30. The molecule has 3 nitrogen and oxygen atoms in total. The Morgan fingerprint density at radius 2 is 2.06 bits per heavy atom. The molecule has 0 unspecified atom stereocenters. The van der Waals surface area contributed by atoms with Gasteiger partial charge in [-0.3, -0.25) is 0 Å². The lowest BCUT2D eigenvalue weighted by Crippen LogP contribution is -2.04. The fourth-order valence-corrected chi connectivity index (χ4v) is 1.48. The zero-order valence-electron chi connectivity index (χ0n) is 9.94. The molecule has 0 saturated carbocycles. The Morgan fingerprint density at radius 3 is 2.69 bits per heavy atom. The second-order valence-corrected chi connectivity index (χ2v) is 4.30. The summed E-state index contributed by atoms with van der Waals surface area (Å²) in [6.45, 7) is 4.60. The molecule has 0 spiro atoms. The maximum atomic E-state index is 9.37. The van der Waals surface area contributed by atoms with Crippen LogP contribution in [-0.2, 0) is 6.42 Å². The fraction of sp³-hybridized carbons (Fsp3) is 0.538. The summed E-state index contributed by atoms with van der Waals surface area (Å²) in [5.74, 6) is 1.51. The Bertz CT molecular complexity index is 321. The summed E-state index contributed by atoms with van der Waals surface area (Å²) >= 11 is 0. The lowest BCUT2D eigenvalue weighted by molar-refractivity contribution is 0.199. The highest BCUT2D eigenvalue weighted by Crippen LogP contribution is 2.26. The predicted molar refractivity (Wildman–Crippen MR) is 63.8 cm³/mol. The van der Waals surface area contributed by atoms with Crippen molar-refractivity contribution < 1.29 is 14.9 Å². The highest BCUT2D eigenvalue weighted by atomic mass is 16.5. The number of rotatable bonds is 6. The van der Waals surface area contributed by atoms with Gasteiger partial charge in [0.1, 0.15) is 18.1 Å². The number of aromatic hydroxyl groups is 1. The van der Waals surface area contributed by atoms with Crippen molar-refractivity contribution in [1.82, 2.24) is 0 Å². The van der Waals surface area contributed by atoms with Gasteiger partial charge in [-0.15, -0.1) is 0 Å². The Morgan fingerprint density at radius 1 is 1.31 bits per heavy atom. The van der Waals surface area contributed by atoms with E-state index in [1.165, 1.54) is 0 Å². The molecule has 3 heteroatoms. The van der Waals surface area contributed by atoms with Crippen molar-refractivity contribution in [2.24, 2.45) is 5.92 Å². The van der Waals surface area contributed by atoms with Crippen LogP contribution in [0.4, 0.5) is 0 Å². The number of aliphatic hydroxyl groups excluding tert-OH is 1. The number of phenolic OH excluding ortho intramolecular Hbond substituents is 1. The van der Waals surface area contributed by atoms with Crippen LogP contribution in [0.15, 0.2) is 18.2 Å². The quantitative estimate of drug-likeness (QED) is 0.779. The predicted octanol–water partition coefficient (Wildman–Crippen LogP) is 2.35. The summed E-state index contributed by atoms with van der Waals surface area (Å²) in [6.07, 6.45) is 2.01. The van der Waals surface area contributed by atoms with Crippen LogP contribution in [0.25, 0.3) is 0 Å². The molecular weight excluding hydrogens is 204 g/mol. The zero-order valence-corrected chi connectivity index (χ0v) is 9.94. The van der Waals surface area contributed by atoms with Gasteiger partial charge >= 0.3 is 0 Å². The lowest BCUT2D eigenvalue weighted by atomic mass is 10.0. The SMILES string of the molecule is CC(C)CCc1ccc(O)cc1OCCO. The van der Waals surface area contributed by atoms with Gasteiger partial charge in [0.15, 0.2) is 0 Å². The van der Waals surface area contributed by atoms with Gasteiger partial charge in [-0.1, -0.05) is 19.9 Å². The van der Waals surface area contributed by atoms with Crippen LogP contribution in [0.3, 0.4) is 0 Å². The van der Waals surface area contributed by atoms with Crippen LogP contribution in [0, 0.1) is 5.92 Å². The van der Waals surface area contributed by atoms with Crippen molar-refractivity contribution >= 4 is 0 Å². The number of aliphatic hydroxyl groups is 1. The number of hydrogen-bond donors (Lipinski definition) is 2. The van der Waals surface area contributed by atoms with Crippen molar-refractivity contribution in [3.8, 4) is 11.5 Å². The van der Waals surface area contributed by atoms with E-state index in [1.807, 2.05) is 6.07 Å². The van der Waals surface area contributed by atoms with E-state index in [4.69, 9.17) is 9.84 Å². The van der Waals surface area contributed by atoms with Gasteiger partial charge in [0.05, 0.1) is 6.61 Å². The molecular formula is C13H20O3. The number of aryl methyl sites for hydroxylation is 1. The van der Waals surface area contributed by atoms with Crippen molar-refractivity contribution in [2.45, 2.75) is 26.7 Å². The Balaban J connectivity index is 2.72. The van der Waals surface area contributed by atoms with Gasteiger partial charge in [-0.2, -0.15) is 0 Å². The second kappa shape index (κ2) is 6.38. The first-order valence-corrected chi connectivity index (χ1v) is 5.69. The average molecular weight is 224 g/mol. The molecule has 1 aromatic rings. The van der Waals surface area contributed by atoms with E-state index in [9.17, 15) is 5.11 Å². The van der Waals surface area contributed by atoms with E-state index in [2.05, 4.69) is 13.8 Å². The standard InChI is InChI=1S/C13H20O3/c1-10(2)3-4-11-5-6-12(15)9-13(11)16-8-7-14/h5-6,9-10,14-15H,3-4,7-8H2,1-2H3. The van der Waals surface area contributed by atoms with Crippen LogP contribution in [0.2, 0.25) is 0 Å². The van der Waals surface area contributed by atoms with Crippen molar-refractivity contribution in [3.63, 3.8) is 0 Å². The maximum absolute atomic E-state index is 9.37. The minimum Gasteiger partial charge on any atom is -0.508 e. The van der Waals surface area contributed by atoms with E-state index in [1.54, 1.807) is 12.1 Å². The van der Waals surface area contributed by atoms with E-state index >= 15 is 0 Å². The Labute approximate surface area is 96.7 Å². The molecule has 0 aliphatic carbocycles. The summed E-state index contributed by atoms with van der Waals surface area (Å²) < 4.78 is 5.39. The molecule has 2 N–H and O–H groups in total. The molecule has 0 bridgehead atoms. The normalized spacial score (nSPS) is 10.8. The van der Waals surface area contributed by atoms with Gasteiger partial charge in [0.25, 0.3) is 0 Å². The third kappa shape index (κ3) is 4.11. The van der Waals surface area contributed by atoms with E-state index in [-0.39, 0.29) is 19.0 Å². The first-order chi connectivity index (χ1) is 7.63. The van der Waals surface area contributed by atoms with Crippen LogP contribution in [0.1, 0.15) is 25.8 Å². The van der Waals surface area contributed by atoms with Gasteiger partial charge in [0.2, 0.25) is 0 Å². The summed E-state index contributed by atoms with van der Waals surface area (Å²) in [5.41, 5.74) is 1.08. The molecule has 0 amide bonds. The van der Waals surface area contributed by atoms with Crippen LogP contribution in [-0.4, -0.2) is 23.4 Å². The van der Waals surface area contributed by atoms with Crippen LogP contribution >= 0.6 is 0 Å².